The Balaban J connectivity index is 1.81. The second-order valence-electron chi connectivity index (χ2n) is 5.37. The Morgan fingerprint density at radius 2 is 1.65 bits per heavy atom. The Morgan fingerprint density at radius 3 is 2.35 bits per heavy atom. The summed E-state index contributed by atoms with van der Waals surface area (Å²) in [5, 5.41) is 0.659. The van der Waals surface area contributed by atoms with Gasteiger partial charge in [0.1, 0.15) is 0 Å². The molecule has 0 aromatic heterocycles. The highest BCUT2D eigenvalue weighted by Crippen LogP contribution is 2.29. The third-order valence-electron chi connectivity index (χ3n) is 3.64. The molecule has 1 aliphatic heterocycles. The number of hydrogen-bond acceptors (Lipinski definition) is 5. The number of halogens is 1. The number of benzene rings is 2. The molecule has 0 N–H and O–H groups in total. The summed E-state index contributed by atoms with van der Waals surface area (Å²) >= 11 is 5.85. The number of ether oxygens (including phenoxy) is 3. The average Bonchev–Trinajstić information content (AvgIpc) is 3.00. The summed E-state index contributed by atoms with van der Waals surface area (Å²) in [6, 6.07) is 12.6. The van der Waals surface area contributed by atoms with Gasteiger partial charge in [0, 0.05) is 11.1 Å². The predicted molar refractivity (Wildman–Crippen MR) is 102 cm³/mol. The molecular formula is C20H16ClNO4. The van der Waals surface area contributed by atoms with Crippen LogP contribution < -0.4 is 9.47 Å². The second-order valence-corrected chi connectivity index (χ2v) is 5.80. The predicted octanol–water partition coefficient (Wildman–Crippen LogP) is 4.37. The lowest BCUT2D eigenvalue weighted by molar-refractivity contribution is -0.129. The molecule has 0 fully saturated rings. The Labute approximate surface area is 156 Å². The third-order valence-corrected chi connectivity index (χ3v) is 3.89. The zero-order valence-electron chi connectivity index (χ0n) is 14.2. The van der Waals surface area contributed by atoms with Crippen LogP contribution in [0.3, 0.4) is 0 Å². The van der Waals surface area contributed by atoms with Gasteiger partial charge >= 0.3 is 5.97 Å². The number of hydrogen-bond donors (Lipinski definition) is 0. The number of cyclic esters (lactones) is 1. The summed E-state index contributed by atoms with van der Waals surface area (Å²) in [6.07, 6.45) is 5.06. The maximum atomic E-state index is 12.0. The third kappa shape index (κ3) is 4.13. The highest BCUT2D eigenvalue weighted by molar-refractivity contribution is 6.30. The van der Waals surface area contributed by atoms with Crippen LogP contribution in [0.2, 0.25) is 5.02 Å². The second kappa shape index (κ2) is 7.89. The van der Waals surface area contributed by atoms with Crippen LogP contribution in [0.15, 0.2) is 59.2 Å². The van der Waals surface area contributed by atoms with Gasteiger partial charge in [-0.25, -0.2) is 9.79 Å². The Morgan fingerprint density at radius 1 is 0.962 bits per heavy atom. The van der Waals surface area contributed by atoms with Crippen LogP contribution in [0.25, 0.3) is 12.2 Å². The maximum Gasteiger partial charge on any atom is 0.363 e. The van der Waals surface area contributed by atoms with E-state index in [-0.39, 0.29) is 11.6 Å². The molecule has 2 aromatic rings. The molecule has 0 aliphatic carbocycles. The van der Waals surface area contributed by atoms with Gasteiger partial charge in [0.15, 0.2) is 17.2 Å². The van der Waals surface area contributed by atoms with Gasteiger partial charge in [-0.3, -0.25) is 0 Å². The molecule has 1 heterocycles. The molecule has 132 valence electrons. The van der Waals surface area contributed by atoms with E-state index in [0.29, 0.717) is 16.5 Å². The Bertz CT molecular complexity index is 914. The molecule has 26 heavy (non-hydrogen) atoms. The number of rotatable bonds is 5. The molecule has 0 saturated carbocycles. The Kier molecular flexibility index (Phi) is 5.39. The molecule has 0 radical (unpaired) electrons. The zero-order chi connectivity index (χ0) is 18.5. The normalized spacial score (nSPS) is 15.3. The first kappa shape index (κ1) is 17.8. The van der Waals surface area contributed by atoms with Crippen molar-refractivity contribution in [2.24, 2.45) is 4.99 Å². The van der Waals surface area contributed by atoms with Gasteiger partial charge < -0.3 is 14.2 Å². The fourth-order valence-corrected chi connectivity index (χ4v) is 2.46. The van der Waals surface area contributed by atoms with Crippen LogP contribution in [0.4, 0.5) is 0 Å². The summed E-state index contributed by atoms with van der Waals surface area (Å²) < 4.78 is 15.6. The quantitative estimate of drug-likeness (QED) is 0.580. The highest BCUT2D eigenvalue weighted by atomic mass is 35.5. The Hall–Kier alpha value is -3.05. The van der Waals surface area contributed by atoms with Crippen molar-refractivity contribution in [1.82, 2.24) is 0 Å². The van der Waals surface area contributed by atoms with E-state index in [1.165, 1.54) is 0 Å². The molecule has 0 saturated heterocycles. The first-order valence-electron chi connectivity index (χ1n) is 7.77. The van der Waals surface area contributed by atoms with E-state index in [0.717, 1.165) is 11.1 Å². The van der Waals surface area contributed by atoms with Crippen LogP contribution in [0.5, 0.6) is 11.5 Å². The lowest BCUT2D eigenvalue weighted by atomic mass is 10.1. The van der Waals surface area contributed by atoms with Crippen molar-refractivity contribution in [3.05, 3.63) is 70.4 Å². The van der Waals surface area contributed by atoms with Crippen molar-refractivity contribution >= 4 is 35.6 Å². The van der Waals surface area contributed by atoms with Crippen LogP contribution in [-0.4, -0.2) is 26.1 Å². The minimum Gasteiger partial charge on any atom is -0.493 e. The fourth-order valence-electron chi connectivity index (χ4n) is 2.34. The van der Waals surface area contributed by atoms with E-state index in [2.05, 4.69) is 4.99 Å². The molecule has 5 nitrogen and oxygen atoms in total. The van der Waals surface area contributed by atoms with Crippen molar-refractivity contribution in [2.45, 2.75) is 0 Å². The molecule has 0 unspecified atom stereocenters. The number of nitrogens with zero attached hydrogens (tertiary/aromatic N) is 1. The summed E-state index contributed by atoms with van der Waals surface area (Å²) in [4.78, 5) is 16.2. The minimum absolute atomic E-state index is 0.216. The van der Waals surface area contributed by atoms with Gasteiger partial charge in [-0.1, -0.05) is 29.8 Å². The monoisotopic (exact) mass is 369 g/mol. The summed E-state index contributed by atoms with van der Waals surface area (Å²) in [5.74, 6) is 0.908. The molecule has 0 atom stereocenters. The lowest BCUT2D eigenvalue weighted by Gasteiger charge is -2.07. The van der Waals surface area contributed by atoms with E-state index in [1.54, 1.807) is 62.8 Å². The topological polar surface area (TPSA) is 57.1 Å². The summed E-state index contributed by atoms with van der Waals surface area (Å²) in [5.41, 5.74) is 1.89. The highest BCUT2D eigenvalue weighted by Gasteiger charge is 2.21. The van der Waals surface area contributed by atoms with Crippen LogP contribution in [-0.2, 0) is 9.53 Å². The van der Waals surface area contributed by atoms with E-state index in [1.807, 2.05) is 12.1 Å². The van der Waals surface area contributed by atoms with Gasteiger partial charge in [-0.05, 0) is 47.5 Å². The van der Waals surface area contributed by atoms with Crippen molar-refractivity contribution < 1.29 is 19.0 Å². The lowest BCUT2D eigenvalue weighted by Crippen LogP contribution is -2.01. The van der Waals surface area contributed by atoms with Crippen molar-refractivity contribution in [1.29, 1.82) is 0 Å². The van der Waals surface area contributed by atoms with Crippen LogP contribution in [0, 0.1) is 0 Å². The molecule has 3 rings (SSSR count). The summed E-state index contributed by atoms with van der Waals surface area (Å²) in [6.45, 7) is 0. The molecule has 6 heteroatoms. The van der Waals surface area contributed by atoms with E-state index < -0.39 is 5.97 Å². The van der Waals surface area contributed by atoms with Gasteiger partial charge in [0.2, 0.25) is 5.90 Å². The number of carbonyl (C=O) groups is 1. The number of esters is 1. The van der Waals surface area contributed by atoms with Crippen molar-refractivity contribution in [3.8, 4) is 11.5 Å². The minimum atomic E-state index is -0.504. The fraction of sp³-hybridized carbons (Fsp3) is 0.100. The van der Waals surface area contributed by atoms with Crippen molar-refractivity contribution in [3.63, 3.8) is 0 Å². The van der Waals surface area contributed by atoms with Crippen LogP contribution >= 0.6 is 11.6 Å². The molecule has 0 spiro atoms. The van der Waals surface area contributed by atoms with E-state index >= 15 is 0 Å². The standard InChI is InChI=1S/C20H16ClNO4/c1-24-17-9-5-14(12-18(17)25-2)11-16-20(23)26-19(22-16)10-6-13-3-7-15(21)8-4-13/h3-12H,1-2H3/b10-6+,16-11+. The van der Waals surface area contributed by atoms with Gasteiger partial charge in [0.25, 0.3) is 0 Å². The zero-order valence-corrected chi connectivity index (χ0v) is 15.0. The SMILES string of the molecule is COc1ccc(/C=C2N=C(/C=C/c3ccc(Cl)cc3)OC/2=O)cc1OC. The molecule has 2 aromatic carbocycles. The number of methoxy groups -OCH3 is 2. The molecular weight excluding hydrogens is 354 g/mol. The smallest absolute Gasteiger partial charge is 0.363 e. The van der Waals surface area contributed by atoms with E-state index in [4.69, 9.17) is 25.8 Å². The molecule has 1 aliphatic rings. The molecule has 0 amide bonds. The average molecular weight is 370 g/mol. The van der Waals surface area contributed by atoms with Crippen LogP contribution in [0.1, 0.15) is 11.1 Å². The van der Waals surface area contributed by atoms with E-state index in [9.17, 15) is 4.79 Å². The largest absolute Gasteiger partial charge is 0.493 e. The van der Waals surface area contributed by atoms with Crippen molar-refractivity contribution in [2.75, 3.05) is 14.2 Å². The first-order valence-corrected chi connectivity index (χ1v) is 8.15. The van der Waals surface area contributed by atoms with Gasteiger partial charge in [-0.2, -0.15) is 0 Å². The van der Waals surface area contributed by atoms with Gasteiger partial charge in [0.05, 0.1) is 14.2 Å². The molecule has 0 bridgehead atoms. The summed E-state index contributed by atoms with van der Waals surface area (Å²) in [7, 11) is 3.12. The van der Waals surface area contributed by atoms with Gasteiger partial charge in [-0.15, -0.1) is 0 Å². The number of carbonyl (C=O) groups excluding carboxylic acids is 1. The maximum absolute atomic E-state index is 12.0. The first-order chi connectivity index (χ1) is 12.6. The number of aliphatic imine (C=N–C) groups is 1.